The molecule has 1 atom stereocenters. The molecule has 0 radical (unpaired) electrons. The van der Waals surface area contributed by atoms with Gasteiger partial charge in [0.05, 0.1) is 6.10 Å². The molecule has 76 valence electrons. The Bertz CT molecular complexity index is 264. The third-order valence-electron chi connectivity index (χ3n) is 2.22. The molecule has 0 aliphatic carbocycles. The van der Waals surface area contributed by atoms with Gasteiger partial charge in [0.2, 0.25) is 0 Å². The Hall–Kier alpha value is -1.08. The number of aliphatic hydroxyl groups excluding tert-OH is 1. The first-order chi connectivity index (χ1) is 6.83. The number of aryl methyl sites for hydroxylation is 1. The molecule has 0 amide bonds. The average Bonchev–Trinajstić information content (AvgIpc) is 2.20. The zero-order valence-electron chi connectivity index (χ0n) is 8.69. The van der Waals surface area contributed by atoms with Crippen LogP contribution >= 0.6 is 0 Å². The van der Waals surface area contributed by atoms with Crippen molar-refractivity contribution in [2.75, 3.05) is 0 Å². The summed E-state index contributed by atoms with van der Waals surface area (Å²) < 4.78 is 0. The summed E-state index contributed by atoms with van der Waals surface area (Å²) in [5.41, 5.74) is 1.35. The molecule has 1 heteroatoms. The van der Waals surface area contributed by atoms with Crippen LogP contribution in [0, 0.1) is 0 Å². The first-order valence-electron chi connectivity index (χ1n) is 5.17. The highest BCUT2D eigenvalue weighted by molar-refractivity contribution is 5.14. The van der Waals surface area contributed by atoms with Crippen molar-refractivity contribution >= 4 is 0 Å². The highest BCUT2D eigenvalue weighted by Crippen LogP contribution is 2.06. The maximum absolute atomic E-state index is 9.44. The van der Waals surface area contributed by atoms with Gasteiger partial charge in [0.25, 0.3) is 0 Å². The molecule has 1 aromatic carbocycles. The maximum atomic E-state index is 9.44. The van der Waals surface area contributed by atoms with Gasteiger partial charge in [0, 0.05) is 0 Å². The van der Waals surface area contributed by atoms with Crippen LogP contribution in [0.4, 0.5) is 0 Å². The lowest BCUT2D eigenvalue weighted by Gasteiger charge is -2.04. The smallest absolute Gasteiger partial charge is 0.0720 e. The molecule has 0 aliphatic heterocycles. The van der Waals surface area contributed by atoms with Gasteiger partial charge in [0.15, 0.2) is 0 Å². The number of rotatable bonds is 5. The zero-order chi connectivity index (χ0) is 10.2. The molecule has 0 aliphatic rings. The van der Waals surface area contributed by atoms with Crippen LogP contribution in [0.15, 0.2) is 42.5 Å². The fourth-order valence-electron chi connectivity index (χ4n) is 1.48. The molecule has 0 aromatic heterocycles. The van der Waals surface area contributed by atoms with Crippen molar-refractivity contribution in [3.8, 4) is 0 Å². The van der Waals surface area contributed by atoms with Gasteiger partial charge in [0.1, 0.15) is 0 Å². The van der Waals surface area contributed by atoms with Gasteiger partial charge >= 0.3 is 0 Å². The molecule has 1 nitrogen and oxygen atoms in total. The van der Waals surface area contributed by atoms with E-state index >= 15 is 0 Å². The Morgan fingerprint density at radius 3 is 2.64 bits per heavy atom. The Labute approximate surface area is 86.1 Å². The SMILES string of the molecule is C/C=C/[C@@H](O)CCCc1ccccc1. The molecule has 1 rings (SSSR count). The summed E-state index contributed by atoms with van der Waals surface area (Å²) in [6.45, 7) is 1.93. The van der Waals surface area contributed by atoms with Crippen LogP contribution in [-0.2, 0) is 6.42 Å². The summed E-state index contributed by atoms with van der Waals surface area (Å²) in [5.74, 6) is 0. The van der Waals surface area contributed by atoms with Crippen LogP contribution in [0.2, 0.25) is 0 Å². The first kappa shape index (κ1) is 11.0. The summed E-state index contributed by atoms with van der Waals surface area (Å²) in [6.07, 6.45) is 6.39. The van der Waals surface area contributed by atoms with Crippen molar-refractivity contribution in [1.82, 2.24) is 0 Å². The largest absolute Gasteiger partial charge is 0.389 e. The molecule has 0 fully saturated rings. The van der Waals surface area contributed by atoms with E-state index in [1.54, 1.807) is 0 Å². The fraction of sp³-hybridized carbons (Fsp3) is 0.385. The standard InChI is InChI=1S/C13H18O/c1-2-7-13(14)11-6-10-12-8-4-3-5-9-12/h2-5,7-9,13-14H,6,10-11H2,1H3/b7-2+/t13-/m1/s1. The predicted octanol–water partition coefficient (Wildman–Crippen LogP) is 2.95. The molecule has 0 bridgehead atoms. The Kier molecular flexibility index (Phi) is 5.02. The molecule has 1 N–H and O–H groups in total. The minimum Gasteiger partial charge on any atom is -0.389 e. The summed E-state index contributed by atoms with van der Waals surface area (Å²) >= 11 is 0. The minimum atomic E-state index is -0.274. The van der Waals surface area contributed by atoms with Crippen molar-refractivity contribution in [2.45, 2.75) is 32.3 Å². The molecular formula is C13H18O. The number of hydrogen-bond donors (Lipinski definition) is 1. The molecule has 0 heterocycles. The second-order valence-corrected chi connectivity index (χ2v) is 3.47. The molecule has 0 spiro atoms. The Balaban J connectivity index is 2.22. The van der Waals surface area contributed by atoms with Crippen LogP contribution in [0.1, 0.15) is 25.3 Å². The van der Waals surface area contributed by atoms with Crippen LogP contribution in [0.5, 0.6) is 0 Å². The van der Waals surface area contributed by atoms with Crippen molar-refractivity contribution < 1.29 is 5.11 Å². The number of allylic oxidation sites excluding steroid dienone is 1. The summed E-state index contributed by atoms with van der Waals surface area (Å²) in [4.78, 5) is 0. The second kappa shape index (κ2) is 6.39. The van der Waals surface area contributed by atoms with Gasteiger partial charge in [-0.15, -0.1) is 0 Å². The summed E-state index contributed by atoms with van der Waals surface area (Å²) in [6, 6.07) is 10.4. The lowest BCUT2D eigenvalue weighted by atomic mass is 10.1. The third-order valence-corrected chi connectivity index (χ3v) is 2.22. The van der Waals surface area contributed by atoms with E-state index in [9.17, 15) is 5.11 Å². The van der Waals surface area contributed by atoms with Crippen LogP contribution < -0.4 is 0 Å². The Morgan fingerprint density at radius 2 is 2.00 bits per heavy atom. The Morgan fingerprint density at radius 1 is 1.29 bits per heavy atom. The molecule has 14 heavy (non-hydrogen) atoms. The van der Waals surface area contributed by atoms with Gasteiger partial charge in [-0.1, -0.05) is 42.5 Å². The maximum Gasteiger partial charge on any atom is 0.0720 e. The van der Waals surface area contributed by atoms with Crippen LogP contribution in [-0.4, -0.2) is 11.2 Å². The monoisotopic (exact) mass is 190 g/mol. The van der Waals surface area contributed by atoms with E-state index in [1.807, 2.05) is 25.1 Å². The normalized spacial score (nSPS) is 13.3. The third kappa shape index (κ3) is 4.24. The van der Waals surface area contributed by atoms with Gasteiger partial charge in [-0.25, -0.2) is 0 Å². The summed E-state index contributed by atoms with van der Waals surface area (Å²) in [5, 5.41) is 9.44. The lowest BCUT2D eigenvalue weighted by molar-refractivity contribution is 0.209. The lowest BCUT2D eigenvalue weighted by Crippen LogP contribution is -2.02. The van der Waals surface area contributed by atoms with Gasteiger partial charge in [-0.2, -0.15) is 0 Å². The number of aliphatic hydroxyl groups is 1. The van der Waals surface area contributed by atoms with Crippen LogP contribution in [0.3, 0.4) is 0 Å². The first-order valence-corrected chi connectivity index (χ1v) is 5.17. The quantitative estimate of drug-likeness (QED) is 0.708. The number of hydrogen-bond acceptors (Lipinski definition) is 1. The van der Waals surface area contributed by atoms with Gasteiger partial charge in [-0.05, 0) is 31.7 Å². The van der Waals surface area contributed by atoms with E-state index in [4.69, 9.17) is 0 Å². The topological polar surface area (TPSA) is 20.2 Å². The van der Waals surface area contributed by atoms with E-state index in [1.165, 1.54) is 5.56 Å². The summed E-state index contributed by atoms with van der Waals surface area (Å²) in [7, 11) is 0. The van der Waals surface area contributed by atoms with Crippen molar-refractivity contribution in [3.05, 3.63) is 48.0 Å². The van der Waals surface area contributed by atoms with Crippen molar-refractivity contribution in [2.24, 2.45) is 0 Å². The predicted molar refractivity (Wildman–Crippen MR) is 60.2 cm³/mol. The van der Waals surface area contributed by atoms with E-state index in [0.29, 0.717) is 0 Å². The fourth-order valence-corrected chi connectivity index (χ4v) is 1.48. The van der Waals surface area contributed by atoms with E-state index in [-0.39, 0.29) is 6.10 Å². The zero-order valence-corrected chi connectivity index (χ0v) is 8.69. The average molecular weight is 190 g/mol. The van der Waals surface area contributed by atoms with E-state index in [0.717, 1.165) is 19.3 Å². The highest BCUT2D eigenvalue weighted by atomic mass is 16.3. The van der Waals surface area contributed by atoms with Gasteiger partial charge < -0.3 is 5.11 Å². The highest BCUT2D eigenvalue weighted by Gasteiger charge is 1.98. The van der Waals surface area contributed by atoms with E-state index in [2.05, 4.69) is 24.3 Å². The molecule has 0 saturated carbocycles. The van der Waals surface area contributed by atoms with Crippen molar-refractivity contribution in [1.29, 1.82) is 0 Å². The van der Waals surface area contributed by atoms with Gasteiger partial charge in [-0.3, -0.25) is 0 Å². The molecule has 0 unspecified atom stereocenters. The molecular weight excluding hydrogens is 172 g/mol. The van der Waals surface area contributed by atoms with Crippen molar-refractivity contribution in [3.63, 3.8) is 0 Å². The number of benzene rings is 1. The molecule has 0 saturated heterocycles. The second-order valence-electron chi connectivity index (χ2n) is 3.47. The minimum absolute atomic E-state index is 0.274. The van der Waals surface area contributed by atoms with Crippen LogP contribution in [0.25, 0.3) is 0 Å². The van der Waals surface area contributed by atoms with E-state index < -0.39 is 0 Å². The molecule has 1 aromatic rings.